The first-order valence-electron chi connectivity index (χ1n) is 9.34. The second-order valence-electron chi connectivity index (χ2n) is 6.98. The molecule has 0 spiro atoms. The summed E-state index contributed by atoms with van der Waals surface area (Å²) in [6, 6.07) is 16.6. The molecule has 4 rings (SSSR count). The fourth-order valence-electron chi connectivity index (χ4n) is 3.05. The van der Waals surface area contributed by atoms with Crippen LogP contribution in [-0.4, -0.2) is 31.8 Å². The first-order valence-corrected chi connectivity index (χ1v) is 9.34. The van der Waals surface area contributed by atoms with Gasteiger partial charge < -0.3 is 4.90 Å². The van der Waals surface area contributed by atoms with Crippen LogP contribution in [0, 0.1) is 5.82 Å². The summed E-state index contributed by atoms with van der Waals surface area (Å²) in [6.45, 7) is 1.11. The summed E-state index contributed by atoms with van der Waals surface area (Å²) in [7, 11) is 0. The quantitative estimate of drug-likeness (QED) is 0.591. The van der Waals surface area contributed by atoms with Crippen molar-refractivity contribution in [3.63, 3.8) is 0 Å². The van der Waals surface area contributed by atoms with Crippen molar-refractivity contribution in [1.29, 1.82) is 0 Å². The van der Waals surface area contributed by atoms with Crippen LogP contribution in [0.15, 0.2) is 66.9 Å². The summed E-state index contributed by atoms with van der Waals surface area (Å²) < 4.78 is 14.8. The summed E-state index contributed by atoms with van der Waals surface area (Å²) in [6.07, 6.45) is 7.07. The third-order valence-electron chi connectivity index (χ3n) is 4.68. The number of carbonyl (C=O) groups excluding carboxylic acids is 1. The van der Waals surface area contributed by atoms with Crippen molar-refractivity contribution < 1.29 is 9.18 Å². The Morgan fingerprint density at radius 3 is 2.57 bits per heavy atom. The molecule has 1 fully saturated rings. The van der Waals surface area contributed by atoms with E-state index in [1.807, 2.05) is 41.4 Å². The number of hydrogen-bond acceptors (Lipinski definition) is 3. The van der Waals surface area contributed by atoms with Gasteiger partial charge in [-0.3, -0.25) is 4.79 Å². The summed E-state index contributed by atoms with van der Waals surface area (Å²) in [4.78, 5) is 14.5. The topological polar surface area (TPSA) is 51.0 Å². The number of aromatic nitrogens is 3. The predicted molar refractivity (Wildman–Crippen MR) is 105 cm³/mol. The fourth-order valence-corrected chi connectivity index (χ4v) is 3.05. The van der Waals surface area contributed by atoms with E-state index in [9.17, 15) is 9.18 Å². The average Bonchev–Trinajstić information content (AvgIpc) is 3.46. The van der Waals surface area contributed by atoms with E-state index in [1.165, 1.54) is 12.1 Å². The van der Waals surface area contributed by atoms with Gasteiger partial charge in [-0.05, 0) is 42.2 Å². The number of amides is 1. The Morgan fingerprint density at radius 2 is 1.86 bits per heavy atom. The molecule has 1 amide bonds. The molecular formula is C22H21FN4O. The molecular weight excluding hydrogens is 355 g/mol. The third-order valence-corrected chi connectivity index (χ3v) is 4.68. The van der Waals surface area contributed by atoms with E-state index in [4.69, 9.17) is 0 Å². The Kier molecular flexibility index (Phi) is 5.28. The number of benzene rings is 2. The molecule has 5 nitrogen and oxygen atoms in total. The maximum Gasteiger partial charge on any atom is 0.247 e. The highest BCUT2D eigenvalue weighted by atomic mass is 19.1. The molecule has 6 heteroatoms. The first-order chi connectivity index (χ1) is 13.7. The minimum absolute atomic E-state index is 0.0653. The second-order valence-corrected chi connectivity index (χ2v) is 6.98. The zero-order chi connectivity index (χ0) is 19.3. The number of hydrogen-bond donors (Lipinski definition) is 0. The lowest BCUT2D eigenvalue weighted by molar-refractivity contribution is -0.127. The number of rotatable bonds is 7. The molecule has 1 heterocycles. The standard InChI is InChI=1S/C22H21FN4O/c23-19-8-6-18(7-9-19)15-27(21-11-12-21)22(28)13-10-20-16-26(25-24-20)14-17-4-2-1-3-5-17/h1-10,13,16,21H,11-12,14-15H2/b13-10+. The van der Waals surface area contributed by atoms with Gasteiger partial charge in [-0.2, -0.15) is 0 Å². The average molecular weight is 376 g/mol. The molecule has 1 aliphatic rings. The van der Waals surface area contributed by atoms with E-state index in [2.05, 4.69) is 10.3 Å². The summed E-state index contributed by atoms with van der Waals surface area (Å²) in [5, 5.41) is 8.22. The monoisotopic (exact) mass is 376 g/mol. The molecule has 1 saturated carbocycles. The molecule has 0 saturated heterocycles. The summed E-state index contributed by atoms with van der Waals surface area (Å²) in [5.41, 5.74) is 2.70. The van der Waals surface area contributed by atoms with Crippen LogP contribution in [0.25, 0.3) is 6.08 Å². The van der Waals surface area contributed by atoms with Gasteiger partial charge in [0.1, 0.15) is 11.5 Å². The lowest BCUT2D eigenvalue weighted by atomic mass is 10.2. The van der Waals surface area contributed by atoms with Gasteiger partial charge in [0.05, 0.1) is 12.7 Å². The van der Waals surface area contributed by atoms with Crippen molar-refractivity contribution in [1.82, 2.24) is 19.9 Å². The van der Waals surface area contributed by atoms with Gasteiger partial charge in [-0.15, -0.1) is 5.10 Å². The smallest absolute Gasteiger partial charge is 0.247 e. The highest BCUT2D eigenvalue weighted by molar-refractivity contribution is 5.91. The van der Waals surface area contributed by atoms with E-state index in [0.29, 0.717) is 18.8 Å². The van der Waals surface area contributed by atoms with Crippen molar-refractivity contribution in [3.8, 4) is 0 Å². The van der Waals surface area contributed by atoms with Gasteiger partial charge in [0.2, 0.25) is 5.91 Å². The molecule has 28 heavy (non-hydrogen) atoms. The Morgan fingerprint density at radius 1 is 1.11 bits per heavy atom. The molecule has 0 unspecified atom stereocenters. The fraction of sp³-hybridized carbons (Fsp3) is 0.227. The van der Waals surface area contributed by atoms with Gasteiger partial charge in [-0.25, -0.2) is 9.07 Å². The Labute approximate surface area is 163 Å². The van der Waals surface area contributed by atoms with E-state index >= 15 is 0 Å². The van der Waals surface area contributed by atoms with Crippen molar-refractivity contribution in [2.75, 3.05) is 0 Å². The maximum absolute atomic E-state index is 13.1. The van der Waals surface area contributed by atoms with Crippen molar-refractivity contribution in [3.05, 3.63) is 89.5 Å². The van der Waals surface area contributed by atoms with E-state index < -0.39 is 0 Å². The third kappa shape index (κ3) is 4.71. The lowest BCUT2D eigenvalue weighted by Crippen LogP contribution is -2.31. The van der Waals surface area contributed by atoms with Crippen molar-refractivity contribution in [2.45, 2.75) is 32.0 Å². The van der Waals surface area contributed by atoms with E-state index in [1.54, 1.807) is 29.0 Å². The van der Waals surface area contributed by atoms with E-state index in [-0.39, 0.29) is 17.8 Å². The van der Waals surface area contributed by atoms with Crippen LogP contribution in [0.4, 0.5) is 4.39 Å². The highest BCUT2D eigenvalue weighted by Gasteiger charge is 2.31. The molecule has 0 bridgehead atoms. The maximum atomic E-state index is 13.1. The zero-order valence-electron chi connectivity index (χ0n) is 15.4. The first kappa shape index (κ1) is 18.1. The van der Waals surface area contributed by atoms with Gasteiger partial charge >= 0.3 is 0 Å². The van der Waals surface area contributed by atoms with Crippen LogP contribution in [0.2, 0.25) is 0 Å². The molecule has 2 aromatic carbocycles. The molecule has 142 valence electrons. The van der Waals surface area contributed by atoms with Crippen molar-refractivity contribution >= 4 is 12.0 Å². The number of carbonyl (C=O) groups is 1. The molecule has 1 aromatic heterocycles. The van der Waals surface area contributed by atoms with Crippen LogP contribution in [0.3, 0.4) is 0 Å². The van der Waals surface area contributed by atoms with Gasteiger partial charge in [0, 0.05) is 18.7 Å². The largest absolute Gasteiger partial charge is 0.332 e. The summed E-state index contributed by atoms with van der Waals surface area (Å²) >= 11 is 0. The number of nitrogens with zero attached hydrogens (tertiary/aromatic N) is 4. The Balaban J connectivity index is 1.40. The SMILES string of the molecule is O=C(/C=C/c1cn(Cc2ccccc2)nn1)N(Cc1ccc(F)cc1)C1CC1. The van der Waals surface area contributed by atoms with Crippen LogP contribution >= 0.6 is 0 Å². The molecule has 0 aliphatic heterocycles. The second kappa shape index (κ2) is 8.17. The van der Waals surface area contributed by atoms with Crippen molar-refractivity contribution in [2.24, 2.45) is 0 Å². The normalized spacial score (nSPS) is 13.8. The molecule has 0 atom stereocenters. The van der Waals surface area contributed by atoms with Crippen LogP contribution < -0.4 is 0 Å². The van der Waals surface area contributed by atoms with Crippen LogP contribution in [0.1, 0.15) is 29.7 Å². The summed E-state index contributed by atoms with van der Waals surface area (Å²) in [5.74, 6) is -0.337. The van der Waals surface area contributed by atoms with Gasteiger partial charge in [0.15, 0.2) is 0 Å². The molecule has 1 aliphatic carbocycles. The van der Waals surface area contributed by atoms with Gasteiger partial charge in [-0.1, -0.05) is 47.7 Å². The zero-order valence-corrected chi connectivity index (χ0v) is 15.4. The van der Waals surface area contributed by atoms with Gasteiger partial charge in [0.25, 0.3) is 0 Å². The predicted octanol–water partition coefficient (Wildman–Crippen LogP) is 3.67. The molecule has 0 N–H and O–H groups in total. The minimum Gasteiger partial charge on any atom is -0.332 e. The van der Waals surface area contributed by atoms with Crippen LogP contribution in [-0.2, 0) is 17.9 Å². The minimum atomic E-state index is -0.272. The highest BCUT2D eigenvalue weighted by Crippen LogP contribution is 2.28. The Hall–Kier alpha value is -3.28. The van der Waals surface area contributed by atoms with Crippen LogP contribution in [0.5, 0.6) is 0 Å². The molecule has 0 radical (unpaired) electrons. The van der Waals surface area contributed by atoms with E-state index in [0.717, 1.165) is 24.0 Å². The molecule has 3 aromatic rings. The Bertz CT molecular complexity index is 962. The lowest BCUT2D eigenvalue weighted by Gasteiger charge is -2.20. The number of halogens is 1.